The van der Waals surface area contributed by atoms with Gasteiger partial charge in [0.1, 0.15) is 5.15 Å². The van der Waals surface area contributed by atoms with E-state index in [9.17, 15) is 4.79 Å². The standard InChI is InChI=1S/C11H15ClN4O2/c1-18-10-4-8(12)14-11(16-10)15-9(17)6-13-5-7-2-3-7/h4,7,13H,2-3,5-6H2,1H3,(H,14,15,16,17). The topological polar surface area (TPSA) is 76.1 Å². The van der Waals surface area contributed by atoms with Crippen LogP contribution in [-0.4, -0.2) is 36.1 Å². The second-order valence-electron chi connectivity index (χ2n) is 4.18. The Morgan fingerprint density at radius 2 is 2.33 bits per heavy atom. The zero-order valence-corrected chi connectivity index (χ0v) is 10.8. The van der Waals surface area contributed by atoms with E-state index in [1.54, 1.807) is 0 Å². The molecule has 0 radical (unpaired) electrons. The number of carbonyl (C=O) groups is 1. The predicted octanol–water partition coefficient (Wildman–Crippen LogP) is 1.08. The van der Waals surface area contributed by atoms with Crippen LogP contribution in [-0.2, 0) is 4.79 Å². The Morgan fingerprint density at radius 1 is 1.56 bits per heavy atom. The lowest BCUT2D eigenvalue weighted by molar-refractivity contribution is -0.115. The van der Waals surface area contributed by atoms with E-state index in [0.29, 0.717) is 5.88 Å². The molecule has 0 aliphatic heterocycles. The SMILES string of the molecule is COc1cc(Cl)nc(NC(=O)CNCC2CC2)n1. The lowest BCUT2D eigenvalue weighted by atomic mass is 10.4. The van der Waals surface area contributed by atoms with Gasteiger partial charge in [-0.1, -0.05) is 11.6 Å². The summed E-state index contributed by atoms with van der Waals surface area (Å²) in [5.74, 6) is 1.01. The highest BCUT2D eigenvalue weighted by molar-refractivity contribution is 6.29. The average Bonchev–Trinajstić information content (AvgIpc) is 3.12. The van der Waals surface area contributed by atoms with Gasteiger partial charge >= 0.3 is 0 Å². The van der Waals surface area contributed by atoms with Crippen molar-refractivity contribution in [3.05, 3.63) is 11.2 Å². The molecule has 18 heavy (non-hydrogen) atoms. The van der Waals surface area contributed by atoms with Gasteiger partial charge in [-0.2, -0.15) is 4.98 Å². The third kappa shape index (κ3) is 4.12. The number of ether oxygens (including phenoxy) is 1. The summed E-state index contributed by atoms with van der Waals surface area (Å²) in [5.41, 5.74) is 0. The van der Waals surface area contributed by atoms with Gasteiger partial charge in [-0.3, -0.25) is 10.1 Å². The lowest BCUT2D eigenvalue weighted by Crippen LogP contribution is -2.30. The molecule has 2 N–H and O–H groups in total. The predicted molar refractivity (Wildman–Crippen MR) is 67.8 cm³/mol. The maximum absolute atomic E-state index is 11.6. The van der Waals surface area contributed by atoms with Gasteiger partial charge in [0.15, 0.2) is 0 Å². The normalized spacial score (nSPS) is 14.3. The number of amides is 1. The van der Waals surface area contributed by atoms with E-state index < -0.39 is 0 Å². The monoisotopic (exact) mass is 270 g/mol. The Morgan fingerprint density at radius 3 is 3.00 bits per heavy atom. The molecule has 1 amide bonds. The zero-order valence-electron chi connectivity index (χ0n) is 10.1. The highest BCUT2D eigenvalue weighted by Crippen LogP contribution is 2.27. The van der Waals surface area contributed by atoms with Crippen molar-refractivity contribution in [3.63, 3.8) is 0 Å². The number of nitrogens with one attached hydrogen (secondary N) is 2. The van der Waals surface area contributed by atoms with E-state index in [4.69, 9.17) is 16.3 Å². The molecule has 1 saturated carbocycles. The number of hydrogen-bond acceptors (Lipinski definition) is 5. The fourth-order valence-electron chi connectivity index (χ4n) is 1.44. The van der Waals surface area contributed by atoms with Crippen LogP contribution in [0.2, 0.25) is 5.15 Å². The maximum atomic E-state index is 11.6. The number of methoxy groups -OCH3 is 1. The summed E-state index contributed by atoms with van der Waals surface area (Å²) < 4.78 is 4.94. The summed E-state index contributed by atoms with van der Waals surface area (Å²) >= 11 is 5.77. The smallest absolute Gasteiger partial charge is 0.240 e. The molecular weight excluding hydrogens is 256 g/mol. The number of hydrogen-bond donors (Lipinski definition) is 2. The summed E-state index contributed by atoms with van der Waals surface area (Å²) in [5, 5.41) is 5.87. The highest BCUT2D eigenvalue weighted by Gasteiger charge is 2.20. The van der Waals surface area contributed by atoms with Crippen LogP contribution < -0.4 is 15.4 Å². The largest absolute Gasteiger partial charge is 0.481 e. The Kier molecular flexibility index (Phi) is 4.33. The molecule has 6 nitrogen and oxygen atoms in total. The van der Waals surface area contributed by atoms with Gasteiger partial charge in [0.05, 0.1) is 13.7 Å². The van der Waals surface area contributed by atoms with Crippen LogP contribution in [0.1, 0.15) is 12.8 Å². The molecule has 7 heteroatoms. The van der Waals surface area contributed by atoms with Crippen molar-refractivity contribution in [1.82, 2.24) is 15.3 Å². The second kappa shape index (κ2) is 5.97. The zero-order chi connectivity index (χ0) is 13.0. The van der Waals surface area contributed by atoms with E-state index in [0.717, 1.165) is 12.5 Å². The molecule has 0 spiro atoms. The van der Waals surface area contributed by atoms with Crippen molar-refractivity contribution < 1.29 is 9.53 Å². The van der Waals surface area contributed by atoms with Gasteiger partial charge in [-0.05, 0) is 25.3 Å². The minimum absolute atomic E-state index is 0.151. The fourth-order valence-corrected chi connectivity index (χ4v) is 1.61. The molecule has 2 rings (SSSR count). The van der Waals surface area contributed by atoms with Crippen molar-refractivity contribution >= 4 is 23.5 Å². The first-order chi connectivity index (χ1) is 8.67. The first-order valence-corrected chi connectivity index (χ1v) is 6.14. The van der Waals surface area contributed by atoms with Gasteiger partial charge in [0, 0.05) is 6.07 Å². The average molecular weight is 271 g/mol. The Bertz CT molecular complexity index is 437. The third-order valence-electron chi connectivity index (χ3n) is 2.55. The molecule has 98 valence electrons. The highest BCUT2D eigenvalue weighted by atomic mass is 35.5. The van der Waals surface area contributed by atoms with Crippen molar-refractivity contribution in [2.24, 2.45) is 5.92 Å². The van der Waals surface area contributed by atoms with Gasteiger partial charge in [-0.25, -0.2) is 4.98 Å². The molecule has 0 atom stereocenters. The molecule has 1 aliphatic rings. The molecule has 1 aromatic rings. The van der Waals surface area contributed by atoms with Crippen molar-refractivity contribution in [1.29, 1.82) is 0 Å². The van der Waals surface area contributed by atoms with Crippen LogP contribution in [0.25, 0.3) is 0 Å². The third-order valence-corrected chi connectivity index (χ3v) is 2.74. The van der Waals surface area contributed by atoms with Gasteiger partial charge in [0.2, 0.25) is 17.7 Å². The number of carbonyl (C=O) groups excluding carboxylic acids is 1. The van der Waals surface area contributed by atoms with E-state index >= 15 is 0 Å². The molecule has 0 bridgehead atoms. The van der Waals surface area contributed by atoms with Crippen LogP contribution in [0.3, 0.4) is 0 Å². The first-order valence-electron chi connectivity index (χ1n) is 5.76. The van der Waals surface area contributed by atoms with Crippen LogP contribution in [0, 0.1) is 5.92 Å². The van der Waals surface area contributed by atoms with Crippen LogP contribution in [0.15, 0.2) is 6.07 Å². The molecule has 0 saturated heterocycles. The van der Waals surface area contributed by atoms with Crippen molar-refractivity contribution in [2.45, 2.75) is 12.8 Å². The van der Waals surface area contributed by atoms with Gasteiger partial charge < -0.3 is 10.1 Å². The summed E-state index contributed by atoms with van der Waals surface area (Å²) in [7, 11) is 1.47. The van der Waals surface area contributed by atoms with Gasteiger partial charge in [-0.15, -0.1) is 0 Å². The van der Waals surface area contributed by atoms with Crippen LogP contribution >= 0.6 is 11.6 Å². The molecule has 0 unspecified atom stereocenters. The Labute approximate surface area is 110 Å². The molecule has 1 fully saturated rings. The Hall–Kier alpha value is -1.40. The van der Waals surface area contributed by atoms with Crippen LogP contribution in [0.5, 0.6) is 5.88 Å². The van der Waals surface area contributed by atoms with E-state index in [1.165, 1.54) is 26.0 Å². The van der Waals surface area contributed by atoms with Crippen molar-refractivity contribution in [2.75, 3.05) is 25.5 Å². The number of nitrogens with zero attached hydrogens (tertiary/aromatic N) is 2. The summed E-state index contributed by atoms with van der Waals surface area (Å²) in [6.45, 7) is 1.13. The number of aromatic nitrogens is 2. The Balaban J connectivity index is 1.83. The van der Waals surface area contributed by atoms with Gasteiger partial charge in [0.25, 0.3) is 0 Å². The first kappa shape index (κ1) is 13.0. The quantitative estimate of drug-likeness (QED) is 0.757. The van der Waals surface area contributed by atoms with E-state index in [2.05, 4.69) is 20.6 Å². The number of anilines is 1. The maximum Gasteiger partial charge on any atom is 0.240 e. The second-order valence-corrected chi connectivity index (χ2v) is 4.57. The fraction of sp³-hybridized carbons (Fsp3) is 0.545. The summed E-state index contributed by atoms with van der Waals surface area (Å²) in [6, 6.07) is 1.47. The molecular formula is C11H15ClN4O2. The molecule has 1 aliphatic carbocycles. The van der Waals surface area contributed by atoms with E-state index in [1.807, 2.05) is 0 Å². The van der Waals surface area contributed by atoms with Crippen LogP contribution in [0.4, 0.5) is 5.95 Å². The lowest BCUT2D eigenvalue weighted by Gasteiger charge is -2.06. The number of halogens is 1. The molecule has 1 heterocycles. The minimum Gasteiger partial charge on any atom is -0.481 e. The summed E-state index contributed by atoms with van der Waals surface area (Å²) in [6.07, 6.45) is 2.51. The van der Waals surface area contributed by atoms with Crippen molar-refractivity contribution in [3.8, 4) is 5.88 Å². The number of rotatable bonds is 6. The van der Waals surface area contributed by atoms with E-state index in [-0.39, 0.29) is 23.6 Å². The molecule has 0 aromatic carbocycles. The minimum atomic E-state index is -0.194. The molecule has 1 aromatic heterocycles. The summed E-state index contributed by atoms with van der Waals surface area (Å²) in [4.78, 5) is 19.4.